The quantitative estimate of drug-likeness (QED) is 0.147. The van der Waals surface area contributed by atoms with Gasteiger partial charge < -0.3 is 14.3 Å². The number of quaternary nitrogens is 1. The summed E-state index contributed by atoms with van der Waals surface area (Å²) in [7, 11) is 5.89. The Morgan fingerprint density at radius 2 is 1.43 bits per heavy atom. The highest BCUT2D eigenvalue weighted by molar-refractivity contribution is 5.71. The molecule has 1 N–H and O–H groups in total. The molecule has 0 aromatic carbocycles. The number of aliphatic carboxylic acids is 1. The summed E-state index contributed by atoms with van der Waals surface area (Å²) < 4.78 is 5.97. The second-order valence-corrected chi connectivity index (χ2v) is 8.81. The average molecular weight is 399 g/mol. The van der Waals surface area contributed by atoms with Crippen LogP contribution in [-0.2, 0) is 14.3 Å². The molecular weight excluding hydrogens is 354 g/mol. The molecule has 164 valence electrons. The van der Waals surface area contributed by atoms with E-state index in [0.29, 0.717) is 17.4 Å². The van der Waals surface area contributed by atoms with E-state index in [4.69, 9.17) is 9.84 Å². The topological polar surface area (TPSA) is 63.6 Å². The predicted octanol–water partition coefficient (Wildman–Crippen LogP) is 5.34. The van der Waals surface area contributed by atoms with Crippen molar-refractivity contribution in [2.45, 2.75) is 96.5 Å². The monoisotopic (exact) mass is 398 g/mol. The summed E-state index contributed by atoms with van der Waals surface area (Å²) in [6.45, 7) is 2.74. The van der Waals surface area contributed by atoms with Crippen LogP contribution in [0.5, 0.6) is 0 Å². The lowest BCUT2D eigenvalue weighted by molar-refractivity contribution is -0.873. The van der Waals surface area contributed by atoms with E-state index >= 15 is 0 Å². The van der Waals surface area contributed by atoms with Crippen molar-refractivity contribution in [3.8, 4) is 0 Å². The number of ether oxygens (including phenoxy) is 1. The van der Waals surface area contributed by atoms with Crippen LogP contribution in [0.3, 0.4) is 0 Å². The van der Waals surface area contributed by atoms with Gasteiger partial charge in [-0.25, -0.2) is 0 Å². The second kappa shape index (κ2) is 16.6. The zero-order chi connectivity index (χ0) is 21.3. The maximum absolute atomic E-state index is 12.0. The Morgan fingerprint density at radius 1 is 0.893 bits per heavy atom. The van der Waals surface area contributed by atoms with Crippen molar-refractivity contribution in [3.63, 3.8) is 0 Å². The third-order valence-corrected chi connectivity index (χ3v) is 4.59. The lowest BCUT2D eigenvalue weighted by Gasteiger charge is -2.28. The van der Waals surface area contributed by atoms with Gasteiger partial charge >= 0.3 is 11.9 Å². The van der Waals surface area contributed by atoms with Gasteiger partial charge in [0.2, 0.25) is 0 Å². The van der Waals surface area contributed by atoms with Crippen molar-refractivity contribution in [1.29, 1.82) is 0 Å². The Kier molecular flexibility index (Phi) is 15.8. The fraction of sp³-hybridized carbons (Fsp3) is 0.826. The molecule has 1 atom stereocenters. The molecule has 0 aliphatic rings. The largest absolute Gasteiger partial charge is 0.481 e. The van der Waals surface area contributed by atoms with Gasteiger partial charge in [-0.1, -0.05) is 57.6 Å². The Hall–Kier alpha value is -1.36. The number of nitrogens with zero attached hydrogens (tertiary/aromatic N) is 1. The summed E-state index contributed by atoms with van der Waals surface area (Å²) in [6, 6.07) is 0. The van der Waals surface area contributed by atoms with Gasteiger partial charge in [-0.3, -0.25) is 9.59 Å². The molecule has 0 aliphatic carbocycles. The van der Waals surface area contributed by atoms with E-state index < -0.39 is 12.1 Å². The number of carboxylic acids is 1. The molecule has 5 heteroatoms. The van der Waals surface area contributed by atoms with E-state index in [1.165, 1.54) is 44.9 Å². The number of allylic oxidation sites excluding steroid dienone is 2. The number of carbonyl (C=O) groups excluding carboxylic acids is 1. The molecule has 0 saturated carbocycles. The number of carbonyl (C=O) groups is 2. The molecular formula is C23H44NO4+. The molecule has 0 aromatic heterocycles. The molecule has 0 spiro atoms. The first-order valence-electron chi connectivity index (χ1n) is 11.1. The average Bonchev–Trinajstić information content (AvgIpc) is 2.56. The summed E-state index contributed by atoms with van der Waals surface area (Å²) >= 11 is 0. The van der Waals surface area contributed by atoms with Crippen LogP contribution >= 0.6 is 0 Å². The summed E-state index contributed by atoms with van der Waals surface area (Å²) in [4.78, 5) is 23.0. The predicted molar refractivity (Wildman–Crippen MR) is 115 cm³/mol. The fourth-order valence-electron chi connectivity index (χ4n) is 3.18. The molecule has 0 aromatic rings. The number of likely N-dealkylation sites (N-methyl/N-ethyl adjacent to an activating group) is 1. The third-order valence-electron chi connectivity index (χ3n) is 4.59. The molecule has 0 rings (SSSR count). The van der Waals surface area contributed by atoms with Crippen molar-refractivity contribution in [3.05, 3.63) is 12.2 Å². The fourth-order valence-corrected chi connectivity index (χ4v) is 3.18. The lowest BCUT2D eigenvalue weighted by Crippen LogP contribution is -2.43. The first-order valence-corrected chi connectivity index (χ1v) is 11.1. The number of hydrogen-bond donors (Lipinski definition) is 1. The lowest BCUT2D eigenvalue weighted by atomic mass is 10.1. The third kappa shape index (κ3) is 19.4. The van der Waals surface area contributed by atoms with Crippen LogP contribution in [0.15, 0.2) is 12.2 Å². The summed E-state index contributed by atoms with van der Waals surface area (Å²) in [6.07, 6.45) is 17.3. The summed E-state index contributed by atoms with van der Waals surface area (Å²) in [5.74, 6) is -1.20. The van der Waals surface area contributed by atoms with Crippen molar-refractivity contribution < 1.29 is 23.9 Å². The first kappa shape index (κ1) is 26.6. The van der Waals surface area contributed by atoms with Crippen molar-refractivity contribution in [2.24, 2.45) is 0 Å². The van der Waals surface area contributed by atoms with E-state index in [-0.39, 0.29) is 12.4 Å². The molecule has 0 radical (unpaired) electrons. The molecule has 0 saturated heterocycles. The van der Waals surface area contributed by atoms with Gasteiger partial charge in [-0.05, 0) is 32.1 Å². The summed E-state index contributed by atoms with van der Waals surface area (Å²) in [5, 5.41) is 8.99. The van der Waals surface area contributed by atoms with E-state index in [9.17, 15) is 9.59 Å². The first-order chi connectivity index (χ1) is 13.2. The molecule has 28 heavy (non-hydrogen) atoms. The van der Waals surface area contributed by atoms with Crippen LogP contribution in [-0.4, -0.2) is 55.3 Å². The van der Waals surface area contributed by atoms with Gasteiger partial charge in [-0.2, -0.15) is 0 Å². The number of esters is 1. The highest BCUT2D eigenvalue weighted by Crippen LogP contribution is 2.11. The van der Waals surface area contributed by atoms with Crippen molar-refractivity contribution in [1.82, 2.24) is 0 Å². The van der Waals surface area contributed by atoms with Crippen LogP contribution in [0.2, 0.25) is 0 Å². The Balaban J connectivity index is 3.72. The molecule has 0 unspecified atom stereocenters. The van der Waals surface area contributed by atoms with E-state index in [1.54, 1.807) is 0 Å². The van der Waals surface area contributed by atoms with Gasteiger partial charge in [-0.15, -0.1) is 0 Å². The minimum atomic E-state index is -0.929. The smallest absolute Gasteiger partial charge is 0.307 e. The SMILES string of the molecule is CCCCCCC=CCCCCCCCC(=O)O[C@H](CC(=O)O)C[N+](C)(C)C. The van der Waals surface area contributed by atoms with E-state index in [1.807, 2.05) is 21.1 Å². The Morgan fingerprint density at radius 3 is 1.96 bits per heavy atom. The van der Waals surface area contributed by atoms with Crippen LogP contribution in [0, 0.1) is 0 Å². The Bertz CT molecular complexity index is 440. The molecule has 0 heterocycles. The van der Waals surface area contributed by atoms with Crippen LogP contribution in [0.1, 0.15) is 90.4 Å². The highest BCUT2D eigenvalue weighted by Gasteiger charge is 2.24. The van der Waals surface area contributed by atoms with Gasteiger partial charge in [0.15, 0.2) is 6.10 Å². The van der Waals surface area contributed by atoms with Crippen molar-refractivity contribution in [2.75, 3.05) is 27.7 Å². The van der Waals surface area contributed by atoms with Crippen LogP contribution in [0.25, 0.3) is 0 Å². The zero-order valence-corrected chi connectivity index (χ0v) is 18.8. The number of rotatable bonds is 18. The number of carboxylic acid groups (broad SMARTS) is 1. The maximum Gasteiger partial charge on any atom is 0.307 e. The zero-order valence-electron chi connectivity index (χ0n) is 18.8. The standard InChI is InChI=1S/C23H43NO4/c1-5-6-7-8-9-10-11-12-13-14-15-16-17-18-23(27)28-21(19-22(25)26)20-24(2,3)4/h10-11,21H,5-9,12-20H2,1-4H3/p+1/t21-/m1/s1. The van der Waals surface area contributed by atoms with E-state index in [0.717, 1.165) is 25.7 Å². The minimum Gasteiger partial charge on any atom is -0.481 e. The van der Waals surface area contributed by atoms with Crippen LogP contribution < -0.4 is 0 Å². The highest BCUT2D eigenvalue weighted by atomic mass is 16.5. The molecule has 0 fully saturated rings. The normalized spacial score (nSPS) is 13.0. The van der Waals surface area contributed by atoms with Gasteiger partial charge in [0, 0.05) is 6.42 Å². The molecule has 0 aliphatic heterocycles. The van der Waals surface area contributed by atoms with E-state index in [2.05, 4.69) is 19.1 Å². The van der Waals surface area contributed by atoms with Crippen LogP contribution in [0.4, 0.5) is 0 Å². The van der Waals surface area contributed by atoms with Gasteiger partial charge in [0.05, 0.1) is 27.6 Å². The van der Waals surface area contributed by atoms with Gasteiger partial charge in [0.25, 0.3) is 0 Å². The maximum atomic E-state index is 12.0. The second-order valence-electron chi connectivity index (χ2n) is 8.81. The molecule has 0 bridgehead atoms. The Labute approximate surface area is 172 Å². The van der Waals surface area contributed by atoms with Crippen molar-refractivity contribution >= 4 is 11.9 Å². The molecule has 5 nitrogen and oxygen atoms in total. The number of unbranched alkanes of at least 4 members (excludes halogenated alkanes) is 9. The molecule has 0 amide bonds. The summed E-state index contributed by atoms with van der Waals surface area (Å²) in [5.41, 5.74) is 0. The minimum absolute atomic E-state index is 0.132. The number of hydrogen-bond acceptors (Lipinski definition) is 3. The van der Waals surface area contributed by atoms with Gasteiger partial charge in [0.1, 0.15) is 6.54 Å².